The van der Waals surface area contributed by atoms with Gasteiger partial charge in [0.1, 0.15) is 15.6 Å². The Labute approximate surface area is 183 Å². The van der Waals surface area contributed by atoms with E-state index in [4.69, 9.17) is 34.9 Å². The van der Waals surface area contributed by atoms with Gasteiger partial charge in [0, 0.05) is 48.7 Å². The van der Waals surface area contributed by atoms with Crippen LogP contribution in [0.25, 0.3) is 10.2 Å². The van der Waals surface area contributed by atoms with E-state index in [0.29, 0.717) is 15.9 Å². The van der Waals surface area contributed by atoms with Gasteiger partial charge in [0.25, 0.3) is 0 Å². The number of ether oxygens (including phenoxy) is 1. The average Bonchev–Trinajstić information content (AvgIpc) is 3.06. The van der Waals surface area contributed by atoms with Crippen LogP contribution in [0.1, 0.15) is 21.6 Å². The summed E-state index contributed by atoms with van der Waals surface area (Å²) >= 11 is 12.8. The van der Waals surface area contributed by atoms with Gasteiger partial charge in [-0.2, -0.15) is 0 Å². The third-order valence-electron chi connectivity index (χ3n) is 5.22. The minimum atomic E-state index is -0.233. The maximum Gasteiger partial charge on any atom is 0.123 e. The molecule has 29 heavy (non-hydrogen) atoms. The molecule has 1 aliphatic heterocycles. The van der Waals surface area contributed by atoms with Crippen molar-refractivity contribution in [3.8, 4) is 0 Å². The predicted octanol–water partition coefficient (Wildman–Crippen LogP) is 4.17. The van der Waals surface area contributed by atoms with Crippen molar-refractivity contribution >= 4 is 51.0 Å². The number of hydrogen-bond acceptors (Lipinski definition) is 5. The van der Waals surface area contributed by atoms with E-state index in [1.165, 1.54) is 22.6 Å². The zero-order valence-corrected chi connectivity index (χ0v) is 18.6. The first kappa shape index (κ1) is 20.6. The Bertz CT molecular complexity index is 1110. The van der Waals surface area contributed by atoms with Gasteiger partial charge in [0.15, 0.2) is 0 Å². The van der Waals surface area contributed by atoms with E-state index < -0.39 is 0 Å². The number of pyridine rings is 1. The van der Waals surface area contributed by atoms with Gasteiger partial charge in [-0.25, -0.2) is 4.39 Å². The second kappa shape index (κ2) is 8.57. The van der Waals surface area contributed by atoms with Crippen molar-refractivity contribution in [1.82, 2.24) is 9.47 Å². The number of benzene rings is 1. The Balaban J connectivity index is 1.86. The van der Waals surface area contributed by atoms with Crippen LogP contribution in [0.15, 0.2) is 30.5 Å². The van der Waals surface area contributed by atoms with E-state index in [0.717, 1.165) is 54.2 Å². The lowest BCUT2D eigenvalue weighted by atomic mass is 10.0. The van der Waals surface area contributed by atoms with Gasteiger partial charge in [-0.05, 0) is 29.7 Å². The van der Waals surface area contributed by atoms with Crippen LogP contribution < -0.4 is 5.73 Å². The van der Waals surface area contributed by atoms with Crippen LogP contribution in [-0.4, -0.2) is 40.8 Å². The molecule has 4 nitrogen and oxygen atoms in total. The third-order valence-corrected chi connectivity index (χ3v) is 7.17. The van der Waals surface area contributed by atoms with Gasteiger partial charge in [-0.3, -0.25) is 4.90 Å². The molecule has 152 valence electrons. The number of fused-ring (bicyclic) bond motifs is 1. The number of thiophene rings is 1. The number of nitrogens with two attached hydrogens (primary N) is 1. The number of aryl methyl sites for hydroxylation is 1. The average molecular weight is 448 g/mol. The molecule has 0 radical (unpaired) electrons. The Kier molecular flexibility index (Phi) is 6.08. The lowest BCUT2D eigenvalue weighted by molar-refractivity contribution is 0.0345. The zero-order chi connectivity index (χ0) is 20.5. The van der Waals surface area contributed by atoms with E-state index >= 15 is 0 Å². The lowest BCUT2D eigenvalue weighted by Crippen LogP contribution is -2.35. The number of hydrogen-bond donors (Lipinski definition) is 1. The maximum absolute atomic E-state index is 13.4. The van der Waals surface area contributed by atoms with Crippen LogP contribution in [0.2, 0.25) is 0 Å². The highest BCUT2D eigenvalue weighted by atomic mass is 32.1. The predicted molar refractivity (Wildman–Crippen MR) is 123 cm³/mol. The van der Waals surface area contributed by atoms with E-state index in [1.807, 2.05) is 25.4 Å². The number of nitrogens with zero attached hydrogens (tertiary/aromatic N) is 2. The van der Waals surface area contributed by atoms with Crippen LogP contribution in [0.4, 0.5) is 4.39 Å². The molecule has 3 heterocycles. The highest BCUT2D eigenvalue weighted by molar-refractivity contribution is 7.80. The third kappa shape index (κ3) is 4.27. The molecule has 0 unspecified atom stereocenters. The zero-order valence-electron chi connectivity index (χ0n) is 16.1. The van der Waals surface area contributed by atoms with Crippen molar-refractivity contribution in [1.29, 1.82) is 0 Å². The molecule has 0 saturated carbocycles. The minimum absolute atomic E-state index is 0.233. The molecule has 0 aliphatic carbocycles. The fraction of sp³-hybridized carbons (Fsp3) is 0.333. The van der Waals surface area contributed by atoms with E-state index in [1.54, 1.807) is 11.3 Å². The summed E-state index contributed by atoms with van der Waals surface area (Å²) in [5.41, 5.74) is 8.89. The van der Waals surface area contributed by atoms with Crippen molar-refractivity contribution in [2.75, 3.05) is 26.3 Å². The molecule has 0 atom stereocenters. The summed E-state index contributed by atoms with van der Waals surface area (Å²) in [6, 6.07) is 6.66. The smallest absolute Gasteiger partial charge is 0.123 e. The van der Waals surface area contributed by atoms with E-state index in [9.17, 15) is 4.39 Å². The quantitative estimate of drug-likeness (QED) is 0.595. The summed E-state index contributed by atoms with van der Waals surface area (Å²) in [5.74, 6) is -0.233. The number of morpholine rings is 1. The van der Waals surface area contributed by atoms with Gasteiger partial charge in [-0.1, -0.05) is 36.6 Å². The highest BCUT2D eigenvalue weighted by Crippen LogP contribution is 2.36. The minimum Gasteiger partial charge on any atom is -0.389 e. The SMILES string of the molecule is Cn1cc(C(N)=S)c(=S)c2c(Cc3ccc(F)cc3)c(CN3CCOCC3)sc21. The first-order valence-electron chi connectivity index (χ1n) is 9.42. The second-order valence-corrected chi connectivity index (χ2v) is 9.15. The monoisotopic (exact) mass is 447 g/mol. The summed E-state index contributed by atoms with van der Waals surface area (Å²) in [4.78, 5) is 5.09. The Morgan fingerprint density at radius 3 is 2.59 bits per heavy atom. The van der Waals surface area contributed by atoms with Crippen LogP contribution >= 0.6 is 35.8 Å². The van der Waals surface area contributed by atoms with Gasteiger partial charge < -0.3 is 15.0 Å². The molecule has 0 spiro atoms. The summed E-state index contributed by atoms with van der Waals surface area (Å²) in [5, 5.41) is 1.03. The standard InChI is InChI=1S/C21H22FN3OS3/c1-24-11-16(20(23)28)19(27)18-15(10-13-2-4-14(22)5-3-13)17(29-21(18)24)12-25-6-8-26-9-7-25/h2-5,11H,6-10,12H2,1H3,(H2,23,28). The molecule has 1 fully saturated rings. The highest BCUT2D eigenvalue weighted by Gasteiger charge is 2.21. The molecule has 3 aromatic rings. The lowest BCUT2D eigenvalue weighted by Gasteiger charge is -2.26. The molecule has 0 bridgehead atoms. The molecule has 1 aliphatic rings. The van der Waals surface area contributed by atoms with E-state index in [2.05, 4.69) is 9.47 Å². The molecule has 4 rings (SSSR count). The largest absolute Gasteiger partial charge is 0.389 e. The number of rotatable bonds is 5. The molecule has 1 saturated heterocycles. The number of aromatic nitrogens is 1. The molecular weight excluding hydrogens is 425 g/mol. The maximum atomic E-state index is 13.4. The Morgan fingerprint density at radius 2 is 1.93 bits per heavy atom. The summed E-state index contributed by atoms with van der Waals surface area (Å²) in [6.45, 7) is 4.18. The second-order valence-electron chi connectivity index (χ2n) is 7.22. The normalized spacial score (nSPS) is 15.1. The fourth-order valence-corrected chi connectivity index (χ4v) is 5.65. The summed E-state index contributed by atoms with van der Waals surface area (Å²) in [6.07, 6.45) is 2.61. The Morgan fingerprint density at radius 1 is 1.24 bits per heavy atom. The first-order valence-corrected chi connectivity index (χ1v) is 11.1. The molecule has 1 aromatic carbocycles. The number of thiocarbonyl (C=S) groups is 1. The topological polar surface area (TPSA) is 43.4 Å². The Hall–Kier alpha value is -1.71. The van der Waals surface area contributed by atoms with Gasteiger partial charge in [-0.15, -0.1) is 11.3 Å². The molecule has 8 heteroatoms. The van der Waals surface area contributed by atoms with Crippen molar-refractivity contribution in [3.05, 3.63) is 62.4 Å². The summed E-state index contributed by atoms with van der Waals surface area (Å²) in [7, 11) is 2.00. The van der Waals surface area contributed by atoms with Crippen molar-refractivity contribution < 1.29 is 9.13 Å². The van der Waals surface area contributed by atoms with Crippen molar-refractivity contribution in [2.24, 2.45) is 12.8 Å². The van der Waals surface area contributed by atoms with Gasteiger partial charge >= 0.3 is 0 Å². The van der Waals surface area contributed by atoms with Crippen molar-refractivity contribution in [2.45, 2.75) is 13.0 Å². The van der Waals surface area contributed by atoms with Crippen LogP contribution in [0, 0.1) is 10.3 Å². The fourth-order valence-electron chi connectivity index (χ4n) is 3.68. The molecule has 2 aromatic heterocycles. The first-order chi connectivity index (χ1) is 13.9. The molecular formula is C21H22FN3OS3. The summed E-state index contributed by atoms with van der Waals surface area (Å²) < 4.78 is 21.6. The van der Waals surface area contributed by atoms with Crippen LogP contribution in [0.5, 0.6) is 0 Å². The van der Waals surface area contributed by atoms with Crippen LogP contribution in [0.3, 0.4) is 0 Å². The van der Waals surface area contributed by atoms with Gasteiger partial charge in [0.05, 0.1) is 17.7 Å². The van der Waals surface area contributed by atoms with Crippen LogP contribution in [-0.2, 0) is 24.8 Å². The molecule has 2 N–H and O–H groups in total. The van der Waals surface area contributed by atoms with Gasteiger partial charge in [0.2, 0.25) is 0 Å². The van der Waals surface area contributed by atoms with Crippen molar-refractivity contribution in [3.63, 3.8) is 0 Å². The molecule has 0 amide bonds. The number of halogens is 1. The van der Waals surface area contributed by atoms with E-state index in [-0.39, 0.29) is 5.82 Å².